The molecule has 1 N–H and O–H groups in total. The van der Waals surface area contributed by atoms with Gasteiger partial charge in [0.15, 0.2) is 5.78 Å². The normalized spacial score (nSPS) is 17.0. The predicted molar refractivity (Wildman–Crippen MR) is 99.5 cm³/mol. The lowest BCUT2D eigenvalue weighted by atomic mass is 9.97. The number of anilines is 2. The topological polar surface area (TPSA) is 84.3 Å². The third-order valence-electron chi connectivity index (χ3n) is 4.60. The lowest BCUT2D eigenvalue weighted by Crippen LogP contribution is -2.41. The van der Waals surface area contributed by atoms with E-state index >= 15 is 0 Å². The zero-order chi connectivity index (χ0) is 18.7. The maximum absolute atomic E-state index is 12.6. The minimum atomic E-state index is -0.177. The molecule has 1 aliphatic heterocycles. The summed E-state index contributed by atoms with van der Waals surface area (Å²) in [4.78, 5) is 37.7. The van der Waals surface area contributed by atoms with Gasteiger partial charge in [-0.25, -0.2) is 4.68 Å². The zero-order valence-electron chi connectivity index (χ0n) is 14.9. The van der Waals surface area contributed by atoms with E-state index in [2.05, 4.69) is 10.4 Å². The Morgan fingerprint density at radius 2 is 2.04 bits per heavy atom. The Balaban J connectivity index is 1.69. The van der Waals surface area contributed by atoms with Gasteiger partial charge in [0.05, 0.1) is 5.92 Å². The molecule has 1 atom stereocenters. The van der Waals surface area contributed by atoms with Gasteiger partial charge in [-0.1, -0.05) is 12.1 Å². The second-order valence-corrected chi connectivity index (χ2v) is 6.56. The average Bonchev–Trinajstić information content (AvgIpc) is 2.64. The molecule has 0 radical (unpaired) electrons. The van der Waals surface area contributed by atoms with Gasteiger partial charge in [-0.2, -0.15) is 5.10 Å². The monoisotopic (exact) mass is 354 g/mol. The van der Waals surface area contributed by atoms with Gasteiger partial charge in [0.25, 0.3) is 5.56 Å². The molecule has 0 unspecified atom stereocenters. The van der Waals surface area contributed by atoms with Crippen molar-refractivity contribution in [2.24, 2.45) is 13.0 Å². The second kappa shape index (κ2) is 7.51. The first kappa shape index (κ1) is 17.8. The highest BCUT2D eigenvalue weighted by Crippen LogP contribution is 2.22. The van der Waals surface area contributed by atoms with Crippen LogP contribution in [0.1, 0.15) is 30.1 Å². The van der Waals surface area contributed by atoms with E-state index in [1.807, 2.05) is 4.90 Å². The van der Waals surface area contributed by atoms with Gasteiger partial charge in [0.2, 0.25) is 5.91 Å². The van der Waals surface area contributed by atoms with E-state index < -0.39 is 0 Å². The number of carbonyl (C=O) groups excluding carboxylic acids is 2. The fourth-order valence-electron chi connectivity index (χ4n) is 3.12. The lowest BCUT2D eigenvalue weighted by Gasteiger charge is -2.32. The van der Waals surface area contributed by atoms with E-state index in [0.717, 1.165) is 19.4 Å². The van der Waals surface area contributed by atoms with Gasteiger partial charge in [-0.05, 0) is 38.0 Å². The number of hydrogen-bond acceptors (Lipinski definition) is 5. The Bertz CT molecular complexity index is 890. The van der Waals surface area contributed by atoms with Crippen LogP contribution in [0.15, 0.2) is 41.2 Å². The summed E-state index contributed by atoms with van der Waals surface area (Å²) in [6.45, 7) is 2.85. The number of benzene rings is 1. The van der Waals surface area contributed by atoms with Gasteiger partial charge in [-0.3, -0.25) is 14.4 Å². The van der Waals surface area contributed by atoms with Crippen molar-refractivity contribution in [1.29, 1.82) is 0 Å². The molecule has 1 aliphatic rings. The fraction of sp³-hybridized carbons (Fsp3) is 0.368. The number of hydrogen-bond donors (Lipinski definition) is 1. The molecule has 0 spiro atoms. The summed E-state index contributed by atoms with van der Waals surface area (Å²) >= 11 is 0. The molecule has 1 aromatic heterocycles. The van der Waals surface area contributed by atoms with E-state index in [0.29, 0.717) is 23.6 Å². The molecule has 1 saturated heterocycles. The van der Waals surface area contributed by atoms with Gasteiger partial charge in [0, 0.05) is 37.5 Å². The minimum Gasteiger partial charge on any atom is -0.354 e. The average molecular weight is 354 g/mol. The number of Topliss-reactive ketones (excluding diaryl/α,β-unsaturated/α-hetero) is 1. The van der Waals surface area contributed by atoms with Crippen LogP contribution in [0, 0.1) is 5.92 Å². The molecule has 3 rings (SSSR count). The van der Waals surface area contributed by atoms with Crippen LogP contribution in [0.5, 0.6) is 0 Å². The van der Waals surface area contributed by atoms with Crippen molar-refractivity contribution in [3.63, 3.8) is 0 Å². The number of rotatable bonds is 4. The molecule has 2 heterocycles. The van der Waals surface area contributed by atoms with E-state index in [9.17, 15) is 14.4 Å². The van der Waals surface area contributed by atoms with Crippen molar-refractivity contribution >= 4 is 23.2 Å². The molecule has 1 fully saturated rings. The van der Waals surface area contributed by atoms with Crippen molar-refractivity contribution in [3.05, 3.63) is 52.3 Å². The largest absolute Gasteiger partial charge is 0.354 e. The summed E-state index contributed by atoms with van der Waals surface area (Å²) in [6.07, 6.45) is 1.66. The first-order valence-corrected chi connectivity index (χ1v) is 8.65. The molecule has 0 aliphatic carbocycles. The molecule has 0 saturated carbocycles. The number of aromatic nitrogens is 2. The van der Waals surface area contributed by atoms with Gasteiger partial charge < -0.3 is 10.2 Å². The predicted octanol–water partition coefficient (Wildman–Crippen LogP) is 1.84. The first-order valence-electron chi connectivity index (χ1n) is 8.65. The fourth-order valence-corrected chi connectivity index (χ4v) is 3.12. The van der Waals surface area contributed by atoms with Crippen LogP contribution in [-0.4, -0.2) is 34.6 Å². The first-order chi connectivity index (χ1) is 12.4. The standard InChI is InChI=1S/C19H22N4O3/c1-13(24)14-5-3-7-16(11-14)20-19(26)15-6-4-10-23(12-15)17-8-9-18(25)22(2)21-17/h3,5,7-9,11,15H,4,6,10,12H2,1-2H3,(H,20,26)/t15-/m1/s1. The zero-order valence-corrected chi connectivity index (χ0v) is 14.9. The van der Waals surface area contributed by atoms with Crippen LogP contribution in [0.25, 0.3) is 0 Å². The van der Waals surface area contributed by atoms with Crippen LogP contribution >= 0.6 is 0 Å². The van der Waals surface area contributed by atoms with Crippen molar-refractivity contribution in [1.82, 2.24) is 9.78 Å². The molecule has 7 heteroatoms. The maximum atomic E-state index is 12.6. The maximum Gasteiger partial charge on any atom is 0.266 e. The molecule has 0 bridgehead atoms. The quantitative estimate of drug-likeness (QED) is 0.847. The van der Waals surface area contributed by atoms with Gasteiger partial charge >= 0.3 is 0 Å². The summed E-state index contributed by atoms with van der Waals surface area (Å²) in [5, 5.41) is 7.17. The molecule has 1 amide bonds. The highest BCUT2D eigenvalue weighted by atomic mass is 16.2. The van der Waals surface area contributed by atoms with Crippen molar-refractivity contribution in [2.45, 2.75) is 19.8 Å². The van der Waals surface area contributed by atoms with Gasteiger partial charge in [0.1, 0.15) is 5.82 Å². The highest BCUT2D eigenvalue weighted by molar-refractivity contribution is 5.97. The van der Waals surface area contributed by atoms with E-state index in [4.69, 9.17) is 0 Å². The van der Waals surface area contributed by atoms with Crippen molar-refractivity contribution in [2.75, 3.05) is 23.3 Å². The van der Waals surface area contributed by atoms with E-state index in [-0.39, 0.29) is 23.2 Å². The molecule has 7 nitrogen and oxygen atoms in total. The number of amides is 1. The van der Waals surface area contributed by atoms with E-state index in [1.165, 1.54) is 17.7 Å². The number of nitrogens with one attached hydrogen (secondary N) is 1. The Morgan fingerprint density at radius 1 is 1.23 bits per heavy atom. The second-order valence-electron chi connectivity index (χ2n) is 6.56. The highest BCUT2D eigenvalue weighted by Gasteiger charge is 2.27. The lowest BCUT2D eigenvalue weighted by molar-refractivity contribution is -0.120. The van der Waals surface area contributed by atoms with Crippen molar-refractivity contribution in [3.8, 4) is 0 Å². The van der Waals surface area contributed by atoms with Crippen LogP contribution in [0.4, 0.5) is 11.5 Å². The van der Waals surface area contributed by atoms with Crippen LogP contribution in [0.3, 0.4) is 0 Å². The summed E-state index contributed by atoms with van der Waals surface area (Å²) < 4.78 is 1.30. The minimum absolute atomic E-state index is 0.0364. The Kier molecular flexibility index (Phi) is 5.16. The summed E-state index contributed by atoms with van der Waals surface area (Å²) in [5.41, 5.74) is 1.04. The summed E-state index contributed by atoms with van der Waals surface area (Å²) in [6, 6.07) is 10.1. The Labute approximate surface area is 151 Å². The molecular weight excluding hydrogens is 332 g/mol. The number of aryl methyl sites for hydroxylation is 1. The van der Waals surface area contributed by atoms with Crippen LogP contribution in [-0.2, 0) is 11.8 Å². The number of ketones is 1. The molecular formula is C19H22N4O3. The third kappa shape index (κ3) is 3.99. The Hall–Kier alpha value is -2.96. The smallest absolute Gasteiger partial charge is 0.266 e. The molecule has 26 heavy (non-hydrogen) atoms. The van der Waals surface area contributed by atoms with Gasteiger partial charge in [-0.15, -0.1) is 0 Å². The molecule has 1 aromatic carbocycles. The number of nitrogens with zero attached hydrogens (tertiary/aromatic N) is 3. The number of carbonyl (C=O) groups is 2. The van der Waals surface area contributed by atoms with Crippen molar-refractivity contribution < 1.29 is 9.59 Å². The van der Waals surface area contributed by atoms with E-state index in [1.54, 1.807) is 37.4 Å². The molecule has 2 aromatic rings. The van der Waals surface area contributed by atoms with Crippen LogP contribution < -0.4 is 15.8 Å². The third-order valence-corrected chi connectivity index (χ3v) is 4.60. The summed E-state index contributed by atoms with van der Waals surface area (Å²) in [5.74, 6) is 0.415. The van der Waals surface area contributed by atoms with Crippen LogP contribution in [0.2, 0.25) is 0 Å². The number of piperidine rings is 1. The molecule has 136 valence electrons. The SMILES string of the molecule is CC(=O)c1cccc(NC(=O)[C@@H]2CCCN(c3ccc(=O)n(C)n3)C2)c1. The Morgan fingerprint density at radius 3 is 2.77 bits per heavy atom. The summed E-state index contributed by atoms with van der Waals surface area (Å²) in [7, 11) is 1.61.